The molecule has 0 unspecified atom stereocenters. The molecule has 5 aromatic rings. The van der Waals surface area contributed by atoms with Gasteiger partial charge in [-0.2, -0.15) is 0 Å². The number of thiophene rings is 1. The average molecular weight is 287 g/mol. The van der Waals surface area contributed by atoms with Gasteiger partial charge in [0, 0.05) is 42.0 Å². The Labute approximate surface area is 125 Å². The highest BCUT2D eigenvalue weighted by Gasteiger charge is 2.13. The zero-order valence-electron chi connectivity index (χ0n) is 11.6. The van der Waals surface area contributed by atoms with Crippen LogP contribution in [0.4, 0.5) is 0 Å². The van der Waals surface area contributed by atoms with E-state index >= 15 is 0 Å². The van der Waals surface area contributed by atoms with Crippen molar-refractivity contribution in [2.75, 3.05) is 0 Å². The topological polar surface area (TPSA) is 15.8 Å². The van der Waals surface area contributed by atoms with Crippen molar-refractivity contribution >= 4 is 53.3 Å². The zero-order valence-corrected chi connectivity index (χ0v) is 12.4. The van der Waals surface area contributed by atoms with Crippen molar-refractivity contribution in [1.29, 1.82) is 0 Å². The van der Waals surface area contributed by atoms with Crippen molar-refractivity contribution in [3.05, 3.63) is 60.2 Å². The lowest BCUT2D eigenvalue weighted by Gasteiger charge is -1.97. The van der Waals surface area contributed by atoms with Gasteiger partial charge in [-0.05, 0) is 30.7 Å². The summed E-state index contributed by atoms with van der Waals surface area (Å²) in [5.74, 6) is 0. The van der Waals surface area contributed by atoms with Crippen molar-refractivity contribution in [2.45, 2.75) is 6.92 Å². The van der Waals surface area contributed by atoms with E-state index in [1.54, 1.807) is 0 Å². The minimum absolute atomic E-state index is 1.22. The van der Waals surface area contributed by atoms with E-state index in [1.165, 1.54) is 47.5 Å². The summed E-state index contributed by atoms with van der Waals surface area (Å²) in [4.78, 5) is 3.54. The van der Waals surface area contributed by atoms with E-state index in [0.29, 0.717) is 0 Å². The zero-order chi connectivity index (χ0) is 14.0. The van der Waals surface area contributed by atoms with Crippen molar-refractivity contribution in [3.63, 3.8) is 0 Å². The highest BCUT2D eigenvalue weighted by atomic mass is 32.1. The third kappa shape index (κ3) is 1.40. The van der Waals surface area contributed by atoms with Crippen LogP contribution in [0.5, 0.6) is 0 Å². The molecule has 0 atom stereocenters. The summed E-state index contributed by atoms with van der Waals surface area (Å²) in [6, 6.07) is 19.6. The second kappa shape index (κ2) is 3.86. The number of aromatic amines is 1. The van der Waals surface area contributed by atoms with Gasteiger partial charge in [0.05, 0.1) is 0 Å². The van der Waals surface area contributed by atoms with Crippen LogP contribution in [0, 0.1) is 6.92 Å². The van der Waals surface area contributed by atoms with E-state index in [4.69, 9.17) is 0 Å². The molecule has 0 aliphatic carbocycles. The summed E-state index contributed by atoms with van der Waals surface area (Å²) in [5.41, 5.74) is 3.81. The number of hydrogen-bond donors (Lipinski definition) is 1. The van der Waals surface area contributed by atoms with Gasteiger partial charge in [-0.3, -0.25) is 0 Å². The molecule has 0 radical (unpaired) electrons. The average Bonchev–Trinajstić information content (AvgIpc) is 3.05. The Balaban J connectivity index is 2.14. The number of hydrogen-bond acceptors (Lipinski definition) is 1. The fourth-order valence-corrected chi connectivity index (χ4v) is 4.73. The monoisotopic (exact) mass is 287 g/mol. The van der Waals surface area contributed by atoms with Crippen LogP contribution < -0.4 is 0 Å². The summed E-state index contributed by atoms with van der Waals surface area (Å²) in [5, 5.41) is 5.47. The lowest BCUT2D eigenvalue weighted by Crippen LogP contribution is -1.73. The molecule has 5 rings (SSSR count). The fraction of sp³-hybridized carbons (Fsp3) is 0.0526. The van der Waals surface area contributed by atoms with E-state index in [9.17, 15) is 0 Å². The molecule has 1 N–H and O–H groups in total. The van der Waals surface area contributed by atoms with Crippen molar-refractivity contribution in [2.24, 2.45) is 0 Å². The quantitative estimate of drug-likeness (QED) is 0.359. The molecule has 100 valence electrons. The van der Waals surface area contributed by atoms with E-state index in [2.05, 4.69) is 66.5 Å². The molecule has 21 heavy (non-hydrogen) atoms. The van der Waals surface area contributed by atoms with E-state index < -0.39 is 0 Å². The Bertz CT molecular complexity index is 1140. The Morgan fingerprint density at radius 2 is 1.67 bits per heavy atom. The predicted molar refractivity (Wildman–Crippen MR) is 93.4 cm³/mol. The first kappa shape index (κ1) is 11.4. The van der Waals surface area contributed by atoms with Gasteiger partial charge in [-0.1, -0.05) is 36.4 Å². The molecule has 2 heteroatoms. The molecule has 2 heterocycles. The summed E-state index contributed by atoms with van der Waals surface area (Å²) in [6.07, 6.45) is 0. The summed E-state index contributed by atoms with van der Waals surface area (Å²) in [7, 11) is 0. The molecule has 0 amide bonds. The molecule has 0 spiro atoms. The lowest BCUT2D eigenvalue weighted by atomic mass is 10.1. The summed E-state index contributed by atoms with van der Waals surface area (Å²) < 4.78 is 2.78. The highest BCUT2D eigenvalue weighted by Crippen LogP contribution is 2.41. The largest absolute Gasteiger partial charge is 0.354 e. The van der Waals surface area contributed by atoms with Crippen molar-refractivity contribution in [3.8, 4) is 0 Å². The van der Waals surface area contributed by atoms with Crippen molar-refractivity contribution < 1.29 is 0 Å². The van der Waals surface area contributed by atoms with Crippen LogP contribution in [-0.2, 0) is 0 Å². The SMILES string of the molecule is Cc1cccc2sc3c(ccc4[nH]c5ccccc5c43)c12. The van der Waals surface area contributed by atoms with Gasteiger partial charge in [0.25, 0.3) is 0 Å². The number of H-pyrrole nitrogens is 1. The van der Waals surface area contributed by atoms with Gasteiger partial charge >= 0.3 is 0 Å². The summed E-state index contributed by atoms with van der Waals surface area (Å²) >= 11 is 1.90. The van der Waals surface area contributed by atoms with Gasteiger partial charge in [0.15, 0.2) is 0 Å². The third-order valence-corrected chi connectivity index (χ3v) is 5.53. The first-order chi connectivity index (χ1) is 10.3. The molecular formula is C19H13NS. The molecule has 0 fully saturated rings. The van der Waals surface area contributed by atoms with E-state index in [1.807, 2.05) is 11.3 Å². The standard InChI is InChI=1S/C19H13NS/c1-11-5-4-8-16-17(11)13-9-10-15-18(19(13)21-16)12-6-2-3-7-14(12)20-15/h2-10,20H,1H3. The first-order valence-corrected chi connectivity index (χ1v) is 7.96. The maximum absolute atomic E-state index is 3.54. The lowest BCUT2D eigenvalue weighted by molar-refractivity contribution is 1.55. The molecule has 2 aromatic heterocycles. The number of rotatable bonds is 0. The Morgan fingerprint density at radius 3 is 2.62 bits per heavy atom. The first-order valence-electron chi connectivity index (χ1n) is 7.14. The van der Waals surface area contributed by atoms with Crippen LogP contribution >= 0.6 is 11.3 Å². The number of fused-ring (bicyclic) bond motifs is 7. The third-order valence-electron chi connectivity index (χ3n) is 4.34. The van der Waals surface area contributed by atoms with Crippen LogP contribution in [0.1, 0.15) is 5.56 Å². The molecular weight excluding hydrogens is 274 g/mol. The van der Waals surface area contributed by atoms with Crippen molar-refractivity contribution in [1.82, 2.24) is 4.98 Å². The van der Waals surface area contributed by atoms with Gasteiger partial charge in [0.1, 0.15) is 0 Å². The Hall–Kier alpha value is -2.32. The summed E-state index contributed by atoms with van der Waals surface area (Å²) in [6.45, 7) is 2.20. The smallest absolute Gasteiger partial charge is 0.0479 e. The Kier molecular flexibility index (Phi) is 2.09. The second-order valence-electron chi connectivity index (χ2n) is 5.59. The van der Waals surface area contributed by atoms with Crippen LogP contribution in [0.25, 0.3) is 42.0 Å². The molecule has 0 saturated heterocycles. The molecule has 1 nitrogen and oxygen atoms in total. The van der Waals surface area contributed by atoms with Gasteiger partial charge in [-0.25, -0.2) is 0 Å². The highest BCUT2D eigenvalue weighted by molar-refractivity contribution is 7.26. The van der Waals surface area contributed by atoms with Crippen LogP contribution in [0.15, 0.2) is 54.6 Å². The number of para-hydroxylation sites is 1. The van der Waals surface area contributed by atoms with E-state index in [-0.39, 0.29) is 0 Å². The second-order valence-corrected chi connectivity index (χ2v) is 6.64. The van der Waals surface area contributed by atoms with Crippen LogP contribution in [0.2, 0.25) is 0 Å². The predicted octanol–water partition coefficient (Wildman–Crippen LogP) is 6.00. The molecule has 0 aliphatic heterocycles. The molecule has 3 aromatic carbocycles. The minimum Gasteiger partial charge on any atom is -0.354 e. The maximum Gasteiger partial charge on any atom is 0.0479 e. The van der Waals surface area contributed by atoms with Gasteiger partial charge < -0.3 is 4.98 Å². The van der Waals surface area contributed by atoms with Crippen LogP contribution in [-0.4, -0.2) is 4.98 Å². The van der Waals surface area contributed by atoms with Gasteiger partial charge in [0.2, 0.25) is 0 Å². The molecule has 0 bridgehead atoms. The van der Waals surface area contributed by atoms with E-state index in [0.717, 1.165) is 0 Å². The number of aromatic nitrogens is 1. The van der Waals surface area contributed by atoms with Gasteiger partial charge in [-0.15, -0.1) is 11.3 Å². The number of benzene rings is 3. The minimum atomic E-state index is 1.22. The Morgan fingerprint density at radius 1 is 0.762 bits per heavy atom. The molecule has 0 saturated carbocycles. The maximum atomic E-state index is 3.54. The molecule has 0 aliphatic rings. The van der Waals surface area contributed by atoms with Crippen LogP contribution in [0.3, 0.4) is 0 Å². The fourth-order valence-electron chi connectivity index (χ4n) is 3.39. The normalized spacial score (nSPS) is 12.0. The number of nitrogens with one attached hydrogen (secondary N) is 1. The number of aryl methyl sites for hydroxylation is 1.